The minimum atomic E-state index is -0.581. The predicted octanol–water partition coefficient (Wildman–Crippen LogP) is 1.12. The fourth-order valence-electron chi connectivity index (χ4n) is 2.52. The number of aromatic nitrogens is 3. The number of hydrogen-bond donors (Lipinski definition) is 1. The minimum absolute atomic E-state index is 0.0589. The van der Waals surface area contributed by atoms with E-state index in [1.54, 1.807) is 48.5 Å². The summed E-state index contributed by atoms with van der Waals surface area (Å²) in [6.45, 7) is -0.274. The second-order valence-electron chi connectivity index (χ2n) is 5.76. The number of nitrogens with zero attached hydrogens (tertiary/aromatic N) is 3. The van der Waals surface area contributed by atoms with Crippen LogP contribution >= 0.6 is 0 Å². The van der Waals surface area contributed by atoms with Crippen molar-refractivity contribution in [3.05, 3.63) is 64.4 Å². The first-order chi connectivity index (χ1) is 13.6. The van der Waals surface area contributed by atoms with E-state index in [4.69, 9.17) is 9.47 Å². The highest BCUT2D eigenvalue weighted by Crippen LogP contribution is 2.16. The number of esters is 1. The molecule has 0 unspecified atom stereocenters. The molecule has 2 aromatic carbocycles. The first-order valence-electron chi connectivity index (χ1n) is 8.49. The van der Waals surface area contributed by atoms with Crippen LogP contribution in [0.25, 0.3) is 10.9 Å². The molecule has 3 aromatic rings. The summed E-state index contributed by atoms with van der Waals surface area (Å²) in [6.07, 6.45) is -0.0589. The third-order valence-corrected chi connectivity index (χ3v) is 3.94. The Bertz CT molecular complexity index is 1060. The Balaban J connectivity index is 1.51. The van der Waals surface area contributed by atoms with Crippen LogP contribution in [0.1, 0.15) is 16.8 Å². The largest absolute Gasteiger partial charge is 0.496 e. The number of amides is 1. The van der Waals surface area contributed by atoms with Gasteiger partial charge in [-0.2, -0.15) is 4.68 Å². The van der Waals surface area contributed by atoms with Crippen molar-refractivity contribution < 1.29 is 19.1 Å². The third kappa shape index (κ3) is 4.32. The van der Waals surface area contributed by atoms with E-state index in [1.807, 2.05) is 0 Å². The average molecular weight is 382 g/mol. The van der Waals surface area contributed by atoms with Crippen molar-refractivity contribution in [2.75, 3.05) is 13.7 Å². The maximum absolute atomic E-state index is 12.3. The summed E-state index contributed by atoms with van der Waals surface area (Å²) < 4.78 is 11.1. The molecule has 3 rings (SSSR count). The van der Waals surface area contributed by atoms with Gasteiger partial charge in [0.1, 0.15) is 11.3 Å². The van der Waals surface area contributed by atoms with Crippen molar-refractivity contribution in [1.82, 2.24) is 20.3 Å². The van der Waals surface area contributed by atoms with E-state index < -0.39 is 11.5 Å². The van der Waals surface area contributed by atoms with Crippen LogP contribution in [0, 0.1) is 0 Å². The topological polar surface area (TPSA) is 112 Å². The van der Waals surface area contributed by atoms with Crippen LogP contribution < -0.4 is 15.6 Å². The van der Waals surface area contributed by atoms with Crippen LogP contribution in [-0.2, 0) is 16.3 Å². The summed E-state index contributed by atoms with van der Waals surface area (Å²) in [5.74, 6) is -0.499. The molecule has 0 saturated carbocycles. The number of ether oxygens (including phenoxy) is 2. The van der Waals surface area contributed by atoms with E-state index in [1.165, 1.54) is 7.11 Å². The lowest BCUT2D eigenvalue weighted by atomic mass is 10.2. The van der Waals surface area contributed by atoms with E-state index in [9.17, 15) is 14.4 Å². The second-order valence-corrected chi connectivity index (χ2v) is 5.76. The summed E-state index contributed by atoms with van der Waals surface area (Å²) in [5.41, 5.74) is 0.438. The van der Waals surface area contributed by atoms with Gasteiger partial charge in [0.2, 0.25) is 0 Å². The van der Waals surface area contributed by atoms with Crippen molar-refractivity contribution in [3.63, 3.8) is 0 Å². The summed E-state index contributed by atoms with van der Waals surface area (Å²) in [5, 5.41) is 10.7. The Morgan fingerprint density at radius 1 is 1.11 bits per heavy atom. The quantitative estimate of drug-likeness (QED) is 0.609. The molecule has 0 fully saturated rings. The molecule has 1 amide bonds. The van der Waals surface area contributed by atoms with Crippen molar-refractivity contribution in [3.8, 4) is 5.75 Å². The molecule has 1 heterocycles. The fourth-order valence-corrected chi connectivity index (χ4v) is 2.52. The molecular formula is C19H18N4O5. The SMILES string of the molecule is COc1ccccc1C(=O)NCCC(=O)OCn1nnc2ccccc2c1=O. The normalized spacial score (nSPS) is 10.5. The van der Waals surface area contributed by atoms with Crippen molar-refractivity contribution >= 4 is 22.8 Å². The number of methoxy groups -OCH3 is 1. The maximum Gasteiger partial charge on any atom is 0.309 e. The molecule has 0 radical (unpaired) electrons. The van der Waals surface area contributed by atoms with Crippen molar-refractivity contribution in [2.24, 2.45) is 0 Å². The minimum Gasteiger partial charge on any atom is -0.496 e. The van der Waals surface area contributed by atoms with Gasteiger partial charge >= 0.3 is 5.97 Å². The number of fused-ring (bicyclic) bond motifs is 1. The molecular weight excluding hydrogens is 364 g/mol. The van der Waals surface area contributed by atoms with E-state index in [2.05, 4.69) is 15.6 Å². The second kappa shape index (κ2) is 8.76. The number of carbonyl (C=O) groups is 2. The van der Waals surface area contributed by atoms with Gasteiger partial charge in [0.25, 0.3) is 11.5 Å². The Labute approximate surface area is 159 Å². The fraction of sp³-hybridized carbons (Fsp3) is 0.211. The lowest BCUT2D eigenvalue weighted by molar-refractivity contribution is -0.147. The van der Waals surface area contributed by atoms with Crippen LogP contribution in [0.2, 0.25) is 0 Å². The highest BCUT2D eigenvalue weighted by molar-refractivity contribution is 5.97. The molecule has 0 saturated heterocycles. The van der Waals surface area contributed by atoms with Crippen molar-refractivity contribution in [1.29, 1.82) is 0 Å². The number of rotatable bonds is 7. The third-order valence-electron chi connectivity index (χ3n) is 3.94. The van der Waals surface area contributed by atoms with Gasteiger partial charge in [-0.15, -0.1) is 5.10 Å². The zero-order chi connectivity index (χ0) is 19.9. The molecule has 1 aromatic heterocycles. The van der Waals surface area contributed by atoms with E-state index in [-0.39, 0.29) is 25.6 Å². The van der Waals surface area contributed by atoms with Gasteiger partial charge in [0.05, 0.1) is 24.5 Å². The lowest BCUT2D eigenvalue weighted by Gasteiger charge is -2.09. The van der Waals surface area contributed by atoms with Gasteiger partial charge in [0.15, 0.2) is 6.73 Å². The van der Waals surface area contributed by atoms with Gasteiger partial charge in [-0.3, -0.25) is 14.4 Å². The molecule has 0 aliphatic rings. The van der Waals surface area contributed by atoms with Crippen molar-refractivity contribution in [2.45, 2.75) is 13.2 Å². The smallest absolute Gasteiger partial charge is 0.309 e. The van der Waals surface area contributed by atoms with Crippen LogP contribution in [0.4, 0.5) is 0 Å². The average Bonchev–Trinajstić information content (AvgIpc) is 2.73. The zero-order valence-corrected chi connectivity index (χ0v) is 15.1. The Kier molecular flexibility index (Phi) is 5.95. The molecule has 1 N–H and O–H groups in total. The molecule has 9 heteroatoms. The molecule has 0 spiro atoms. The standard InChI is InChI=1S/C19H18N4O5/c1-27-16-9-5-3-7-14(16)18(25)20-11-10-17(24)28-12-23-19(26)13-6-2-4-8-15(13)21-22-23/h2-9H,10-12H2,1H3,(H,20,25). The number of para-hydroxylation sites is 1. The lowest BCUT2D eigenvalue weighted by Crippen LogP contribution is -2.29. The Morgan fingerprint density at radius 3 is 2.68 bits per heavy atom. The monoisotopic (exact) mass is 382 g/mol. The summed E-state index contributed by atoms with van der Waals surface area (Å²) in [4.78, 5) is 36.3. The Morgan fingerprint density at radius 2 is 1.86 bits per heavy atom. The molecule has 0 atom stereocenters. The highest BCUT2D eigenvalue weighted by atomic mass is 16.5. The number of carbonyl (C=O) groups excluding carboxylic acids is 2. The van der Waals surface area contributed by atoms with E-state index >= 15 is 0 Å². The number of hydrogen-bond acceptors (Lipinski definition) is 7. The molecule has 144 valence electrons. The molecule has 28 heavy (non-hydrogen) atoms. The highest BCUT2D eigenvalue weighted by Gasteiger charge is 2.12. The summed E-state index contributed by atoms with van der Waals surface area (Å²) >= 11 is 0. The van der Waals surface area contributed by atoms with Crippen LogP contribution in [0.3, 0.4) is 0 Å². The zero-order valence-electron chi connectivity index (χ0n) is 15.1. The first-order valence-corrected chi connectivity index (χ1v) is 8.49. The molecule has 0 bridgehead atoms. The first kappa shape index (κ1) is 19.0. The molecule has 0 aliphatic carbocycles. The number of benzene rings is 2. The maximum atomic E-state index is 12.3. The van der Waals surface area contributed by atoms with Gasteiger partial charge in [-0.05, 0) is 24.3 Å². The van der Waals surface area contributed by atoms with Crippen LogP contribution in [0.5, 0.6) is 5.75 Å². The van der Waals surface area contributed by atoms with Gasteiger partial charge in [0, 0.05) is 6.54 Å². The molecule has 0 aliphatic heterocycles. The number of nitrogens with one attached hydrogen (secondary N) is 1. The van der Waals surface area contributed by atoms with Gasteiger partial charge in [-0.25, -0.2) is 0 Å². The van der Waals surface area contributed by atoms with E-state index in [0.29, 0.717) is 22.2 Å². The van der Waals surface area contributed by atoms with Gasteiger partial charge in [-0.1, -0.05) is 29.5 Å². The van der Waals surface area contributed by atoms with Gasteiger partial charge < -0.3 is 14.8 Å². The predicted molar refractivity (Wildman–Crippen MR) is 99.8 cm³/mol. The van der Waals surface area contributed by atoms with E-state index in [0.717, 1.165) is 4.68 Å². The molecule has 9 nitrogen and oxygen atoms in total. The Hall–Kier alpha value is -3.75. The summed E-state index contributed by atoms with van der Waals surface area (Å²) in [6, 6.07) is 13.5. The van der Waals surface area contributed by atoms with Crippen LogP contribution in [0.15, 0.2) is 53.3 Å². The van der Waals surface area contributed by atoms with Crippen LogP contribution in [-0.4, -0.2) is 40.5 Å². The summed E-state index contributed by atoms with van der Waals surface area (Å²) in [7, 11) is 1.47.